The van der Waals surface area contributed by atoms with Crippen molar-refractivity contribution < 1.29 is 8.76 Å². The van der Waals surface area contributed by atoms with Crippen molar-refractivity contribution in [3.05, 3.63) is 0 Å². The summed E-state index contributed by atoms with van der Waals surface area (Å²) >= 11 is -1.70. The van der Waals surface area contributed by atoms with E-state index in [-0.39, 0.29) is 11.9 Å². The lowest BCUT2D eigenvalue weighted by Crippen LogP contribution is -2.28. The van der Waals surface area contributed by atoms with E-state index < -0.39 is 11.1 Å². The Kier molecular flexibility index (Phi) is 2.79. The third-order valence-corrected chi connectivity index (χ3v) is 2.19. The molecule has 0 aromatic heterocycles. The van der Waals surface area contributed by atoms with Gasteiger partial charge in [0.25, 0.3) is 0 Å². The molecule has 0 amide bonds. The van der Waals surface area contributed by atoms with Crippen LogP contribution in [0.25, 0.3) is 0 Å². The molecule has 0 aromatic rings. The zero-order valence-electron chi connectivity index (χ0n) is 5.69. The number of nitrogens with zero attached hydrogens (tertiary/aromatic N) is 1. The normalized spacial score (nSPS) is 30.8. The molecule has 0 radical (unpaired) electrons. The highest BCUT2D eigenvalue weighted by molar-refractivity contribution is 7.79. The van der Waals surface area contributed by atoms with Crippen LogP contribution in [0.5, 0.6) is 0 Å². The van der Waals surface area contributed by atoms with Crippen LogP contribution in [-0.2, 0) is 11.1 Å². The lowest BCUT2D eigenvalue weighted by Gasteiger charge is -2.10. The minimum atomic E-state index is -1.70. The van der Waals surface area contributed by atoms with Gasteiger partial charge in [0.2, 0.25) is 0 Å². The number of hydrogen-bond donors (Lipinski definition) is 2. The molecule has 2 atom stereocenters. The molecule has 4 nitrogen and oxygen atoms in total. The van der Waals surface area contributed by atoms with Gasteiger partial charge in [0, 0.05) is 19.1 Å². The first-order valence-corrected chi connectivity index (χ1v) is 4.51. The summed E-state index contributed by atoms with van der Waals surface area (Å²) in [5, 5.41) is 0. The minimum Gasteiger partial charge on any atom is -0.326 e. The van der Waals surface area contributed by atoms with Gasteiger partial charge in [-0.3, -0.25) is 4.90 Å². The van der Waals surface area contributed by atoms with Gasteiger partial charge >= 0.3 is 0 Å². The molecule has 0 bridgehead atoms. The minimum absolute atomic E-state index is 0.198. The van der Waals surface area contributed by atoms with Crippen LogP contribution in [0, 0.1) is 0 Å². The molecule has 1 rings (SSSR count). The second-order valence-corrected chi connectivity index (χ2v) is 3.48. The Morgan fingerprint density at radius 1 is 1.80 bits per heavy atom. The van der Waals surface area contributed by atoms with Crippen molar-refractivity contribution in [2.75, 3.05) is 19.0 Å². The van der Waals surface area contributed by atoms with E-state index in [0.717, 1.165) is 19.5 Å². The average Bonchev–Trinajstić information content (AvgIpc) is 2.13. The fourth-order valence-corrected chi connectivity index (χ4v) is 1.68. The Bertz CT molecular complexity index is 142. The van der Waals surface area contributed by atoms with E-state index in [4.69, 9.17) is 10.3 Å². The van der Waals surface area contributed by atoms with E-state index in [0.29, 0.717) is 0 Å². The molecule has 0 aromatic carbocycles. The Morgan fingerprint density at radius 3 is 2.90 bits per heavy atom. The van der Waals surface area contributed by atoms with Crippen molar-refractivity contribution in [3.63, 3.8) is 0 Å². The molecule has 10 heavy (non-hydrogen) atoms. The van der Waals surface area contributed by atoms with Gasteiger partial charge < -0.3 is 10.3 Å². The van der Waals surface area contributed by atoms with Gasteiger partial charge in [-0.05, 0) is 6.42 Å². The topological polar surface area (TPSA) is 66.6 Å². The van der Waals surface area contributed by atoms with E-state index in [1.54, 1.807) is 0 Å². The summed E-state index contributed by atoms with van der Waals surface area (Å²) in [7, 11) is 0. The third kappa shape index (κ3) is 2.34. The van der Waals surface area contributed by atoms with E-state index in [9.17, 15) is 4.21 Å². The van der Waals surface area contributed by atoms with Crippen LogP contribution in [0.2, 0.25) is 0 Å². The Balaban J connectivity index is 2.24. The maximum Gasteiger partial charge on any atom is 0.167 e. The molecule has 0 aliphatic carbocycles. The number of likely N-dealkylation sites (tertiary alicyclic amines) is 1. The maximum absolute atomic E-state index is 10.3. The van der Waals surface area contributed by atoms with Crippen LogP contribution in [0.3, 0.4) is 0 Å². The van der Waals surface area contributed by atoms with Gasteiger partial charge in [0.15, 0.2) is 11.1 Å². The van der Waals surface area contributed by atoms with Crippen molar-refractivity contribution >= 4 is 11.1 Å². The number of rotatable bonds is 2. The fraction of sp³-hybridized carbons (Fsp3) is 1.00. The molecule has 3 N–H and O–H groups in total. The van der Waals surface area contributed by atoms with E-state index in [2.05, 4.69) is 0 Å². The largest absolute Gasteiger partial charge is 0.326 e. The van der Waals surface area contributed by atoms with Crippen LogP contribution in [-0.4, -0.2) is 38.7 Å². The zero-order chi connectivity index (χ0) is 7.56. The molecular formula is C5H12N2O2S. The SMILES string of the molecule is N[C@H]1CCN(CS(=O)O)C1. The van der Waals surface area contributed by atoms with Gasteiger partial charge in [-0.25, -0.2) is 4.21 Å². The molecule has 1 fully saturated rings. The Hall–Kier alpha value is 0.0300. The third-order valence-electron chi connectivity index (χ3n) is 1.60. The van der Waals surface area contributed by atoms with Crippen molar-refractivity contribution in [3.8, 4) is 0 Å². The van der Waals surface area contributed by atoms with Gasteiger partial charge in [0.05, 0.1) is 0 Å². The van der Waals surface area contributed by atoms with Gasteiger partial charge in [-0.15, -0.1) is 0 Å². The molecule has 1 heterocycles. The molecule has 1 saturated heterocycles. The predicted molar refractivity (Wildman–Crippen MR) is 39.8 cm³/mol. The zero-order valence-corrected chi connectivity index (χ0v) is 6.51. The molecule has 60 valence electrons. The predicted octanol–water partition coefficient (Wildman–Crippen LogP) is -0.801. The first-order chi connectivity index (χ1) is 4.68. The molecule has 1 unspecified atom stereocenters. The molecular weight excluding hydrogens is 152 g/mol. The summed E-state index contributed by atoms with van der Waals surface area (Å²) < 4.78 is 18.8. The van der Waals surface area contributed by atoms with Crippen LogP contribution in [0.1, 0.15) is 6.42 Å². The molecule has 0 saturated carbocycles. The lowest BCUT2D eigenvalue weighted by atomic mass is 10.3. The highest BCUT2D eigenvalue weighted by Gasteiger charge is 2.19. The highest BCUT2D eigenvalue weighted by Crippen LogP contribution is 2.05. The monoisotopic (exact) mass is 164 g/mol. The van der Waals surface area contributed by atoms with Crippen LogP contribution >= 0.6 is 0 Å². The number of nitrogens with two attached hydrogens (primary N) is 1. The highest BCUT2D eigenvalue weighted by atomic mass is 32.2. The maximum atomic E-state index is 10.3. The fourth-order valence-electron chi connectivity index (χ4n) is 1.14. The molecule has 5 heteroatoms. The van der Waals surface area contributed by atoms with E-state index >= 15 is 0 Å². The second-order valence-electron chi connectivity index (χ2n) is 2.58. The Morgan fingerprint density at radius 2 is 2.50 bits per heavy atom. The first kappa shape index (κ1) is 8.13. The molecule has 1 aliphatic heterocycles. The Labute approximate surface area is 62.7 Å². The summed E-state index contributed by atoms with van der Waals surface area (Å²) in [6.07, 6.45) is 0.942. The number of hydrogen-bond acceptors (Lipinski definition) is 3. The van der Waals surface area contributed by atoms with Crippen LogP contribution in [0.4, 0.5) is 0 Å². The summed E-state index contributed by atoms with van der Waals surface area (Å²) in [6, 6.07) is 0.198. The summed E-state index contributed by atoms with van der Waals surface area (Å²) in [5.41, 5.74) is 5.58. The standard InChI is InChI=1S/C5H12N2O2S/c6-5-1-2-7(3-5)4-10(8)9/h5H,1-4,6H2,(H,8,9)/t5-/m0/s1. The lowest BCUT2D eigenvalue weighted by molar-refractivity contribution is 0.378. The summed E-state index contributed by atoms with van der Waals surface area (Å²) in [5.74, 6) is 0.244. The smallest absolute Gasteiger partial charge is 0.167 e. The van der Waals surface area contributed by atoms with Crippen LogP contribution in [0.15, 0.2) is 0 Å². The molecule has 0 spiro atoms. The van der Waals surface area contributed by atoms with E-state index in [1.165, 1.54) is 0 Å². The van der Waals surface area contributed by atoms with Crippen molar-refractivity contribution in [1.82, 2.24) is 4.90 Å². The van der Waals surface area contributed by atoms with Crippen LogP contribution < -0.4 is 5.73 Å². The van der Waals surface area contributed by atoms with Gasteiger partial charge in [-0.2, -0.15) is 0 Å². The van der Waals surface area contributed by atoms with Gasteiger partial charge in [-0.1, -0.05) is 0 Å². The summed E-state index contributed by atoms with van der Waals surface area (Å²) in [6.45, 7) is 1.61. The van der Waals surface area contributed by atoms with Crippen molar-refractivity contribution in [2.45, 2.75) is 12.5 Å². The average molecular weight is 164 g/mol. The van der Waals surface area contributed by atoms with Gasteiger partial charge in [0.1, 0.15) is 5.88 Å². The quantitative estimate of drug-likeness (QED) is 0.524. The second kappa shape index (κ2) is 3.43. The van der Waals surface area contributed by atoms with E-state index in [1.807, 2.05) is 4.90 Å². The van der Waals surface area contributed by atoms with Crippen molar-refractivity contribution in [1.29, 1.82) is 0 Å². The first-order valence-electron chi connectivity index (χ1n) is 3.24. The van der Waals surface area contributed by atoms with Crippen molar-refractivity contribution in [2.24, 2.45) is 5.73 Å². The molecule has 1 aliphatic rings. The summed E-state index contributed by atoms with van der Waals surface area (Å²) in [4.78, 5) is 1.90.